The Hall–Kier alpha value is -2.55. The number of benzene rings is 4. The number of fused-ring (bicyclic) bond motifs is 3. The van der Waals surface area contributed by atoms with E-state index in [1.54, 1.807) is 0 Å². The minimum Gasteiger partial charge on any atom is -0.309 e. The molecule has 1 nitrogen and oxygen atoms in total. The Morgan fingerprint density at radius 2 is 1.53 bits per heavy atom. The molecule has 5 rings (SSSR count). The largest absolute Gasteiger partial charge is 0.309 e. The number of aromatic nitrogens is 1. The van der Waals surface area contributed by atoms with Gasteiger partial charge in [0.25, 0.3) is 0 Å². The van der Waals surface area contributed by atoms with Crippen molar-refractivity contribution < 1.29 is 0 Å². The van der Waals surface area contributed by atoms with Crippen LogP contribution in [0.1, 0.15) is 16.7 Å². The van der Waals surface area contributed by atoms with Crippen molar-refractivity contribution in [2.45, 2.75) is 20.8 Å². The van der Waals surface area contributed by atoms with Gasteiger partial charge in [0.15, 0.2) is 0 Å². The van der Waals surface area contributed by atoms with Crippen molar-refractivity contribution in [3.8, 4) is 16.8 Å². The minimum absolute atomic E-state index is 0.759. The topological polar surface area (TPSA) is 4.93 Å². The SMILES string of the molecule is Cc1ccc(C)c(-c2cccc3c4ccccc4n(-c4cc(Cl)c(C)c(Br)c4)c23)c1. The first-order chi connectivity index (χ1) is 14.5. The molecule has 0 spiro atoms. The highest BCUT2D eigenvalue weighted by molar-refractivity contribution is 9.10. The fourth-order valence-electron chi connectivity index (χ4n) is 4.29. The van der Waals surface area contributed by atoms with Crippen LogP contribution in [0.25, 0.3) is 38.6 Å². The monoisotopic (exact) mass is 473 g/mol. The van der Waals surface area contributed by atoms with Gasteiger partial charge in [-0.2, -0.15) is 0 Å². The highest BCUT2D eigenvalue weighted by atomic mass is 79.9. The molecular formula is C27H21BrClN. The molecule has 0 aliphatic rings. The highest BCUT2D eigenvalue weighted by Crippen LogP contribution is 2.40. The Balaban J connectivity index is 1.98. The lowest BCUT2D eigenvalue weighted by Gasteiger charge is -2.15. The van der Waals surface area contributed by atoms with E-state index in [1.807, 2.05) is 6.92 Å². The third kappa shape index (κ3) is 2.98. The zero-order valence-electron chi connectivity index (χ0n) is 17.1. The first-order valence-electron chi connectivity index (χ1n) is 10.0. The van der Waals surface area contributed by atoms with Crippen LogP contribution in [-0.2, 0) is 0 Å². The van der Waals surface area contributed by atoms with Crippen LogP contribution in [0.5, 0.6) is 0 Å². The summed E-state index contributed by atoms with van der Waals surface area (Å²) in [5.41, 5.74) is 9.53. The van der Waals surface area contributed by atoms with Gasteiger partial charge in [0.2, 0.25) is 0 Å². The summed E-state index contributed by atoms with van der Waals surface area (Å²) < 4.78 is 3.36. The van der Waals surface area contributed by atoms with Gasteiger partial charge in [0, 0.05) is 31.5 Å². The van der Waals surface area contributed by atoms with Gasteiger partial charge in [0.1, 0.15) is 0 Å². The van der Waals surface area contributed by atoms with Crippen LogP contribution in [0, 0.1) is 20.8 Å². The smallest absolute Gasteiger partial charge is 0.0619 e. The molecule has 0 fully saturated rings. The van der Waals surface area contributed by atoms with Gasteiger partial charge in [-0.3, -0.25) is 0 Å². The van der Waals surface area contributed by atoms with Crippen LogP contribution in [0.4, 0.5) is 0 Å². The molecule has 0 N–H and O–H groups in total. The number of hydrogen-bond donors (Lipinski definition) is 0. The van der Waals surface area contributed by atoms with Crippen molar-refractivity contribution >= 4 is 49.3 Å². The van der Waals surface area contributed by atoms with Gasteiger partial charge >= 0.3 is 0 Å². The molecule has 0 unspecified atom stereocenters. The fourth-order valence-corrected chi connectivity index (χ4v) is 5.07. The van der Waals surface area contributed by atoms with E-state index in [1.165, 1.54) is 44.1 Å². The Morgan fingerprint density at radius 3 is 2.33 bits per heavy atom. The molecule has 3 heteroatoms. The second-order valence-electron chi connectivity index (χ2n) is 7.91. The van der Waals surface area contributed by atoms with Crippen molar-refractivity contribution in [3.63, 3.8) is 0 Å². The molecule has 30 heavy (non-hydrogen) atoms. The minimum atomic E-state index is 0.759. The summed E-state index contributed by atoms with van der Waals surface area (Å²) >= 11 is 10.3. The van der Waals surface area contributed by atoms with E-state index in [9.17, 15) is 0 Å². The lowest BCUT2D eigenvalue weighted by molar-refractivity contribution is 1.17. The van der Waals surface area contributed by atoms with E-state index < -0.39 is 0 Å². The first kappa shape index (κ1) is 19.4. The van der Waals surface area contributed by atoms with Crippen LogP contribution < -0.4 is 0 Å². The predicted octanol–water partition coefficient (Wildman–Crippen LogP) is 8.79. The maximum atomic E-state index is 6.60. The average Bonchev–Trinajstić information content (AvgIpc) is 3.08. The third-order valence-electron chi connectivity index (χ3n) is 5.90. The summed E-state index contributed by atoms with van der Waals surface area (Å²) in [7, 11) is 0. The molecule has 0 amide bonds. The van der Waals surface area contributed by atoms with Crippen molar-refractivity contribution in [3.05, 3.63) is 99.0 Å². The number of nitrogens with zero attached hydrogens (tertiary/aromatic N) is 1. The van der Waals surface area contributed by atoms with Crippen LogP contribution >= 0.6 is 27.5 Å². The first-order valence-corrected chi connectivity index (χ1v) is 11.2. The molecule has 0 radical (unpaired) electrons. The molecule has 1 heterocycles. The fraction of sp³-hybridized carbons (Fsp3) is 0.111. The van der Waals surface area contributed by atoms with E-state index >= 15 is 0 Å². The van der Waals surface area contributed by atoms with Gasteiger partial charge in [-0.15, -0.1) is 0 Å². The van der Waals surface area contributed by atoms with Crippen LogP contribution in [-0.4, -0.2) is 4.57 Å². The maximum Gasteiger partial charge on any atom is 0.0619 e. The van der Waals surface area contributed by atoms with Crippen LogP contribution in [0.2, 0.25) is 5.02 Å². The predicted molar refractivity (Wildman–Crippen MR) is 133 cm³/mol. The Labute approximate surface area is 190 Å². The standard InChI is InChI=1S/C27H21BrClN/c1-16-11-12-17(2)23(13-16)22-9-6-8-21-20-7-4-5-10-26(20)30(27(21)22)19-14-24(28)18(3)25(29)15-19/h4-15H,1-3H3. The second kappa shape index (κ2) is 7.30. The molecule has 5 aromatic rings. The van der Waals surface area contributed by atoms with Crippen molar-refractivity contribution in [2.75, 3.05) is 0 Å². The zero-order valence-corrected chi connectivity index (χ0v) is 19.5. The molecule has 0 aliphatic heterocycles. The summed E-state index contributed by atoms with van der Waals surface area (Å²) in [6.45, 7) is 6.36. The molecule has 0 saturated carbocycles. The van der Waals surface area contributed by atoms with Gasteiger partial charge in [-0.25, -0.2) is 0 Å². The van der Waals surface area contributed by atoms with E-state index in [-0.39, 0.29) is 0 Å². The average molecular weight is 475 g/mol. The molecule has 0 atom stereocenters. The quantitative estimate of drug-likeness (QED) is 0.241. The number of halogens is 2. The number of para-hydroxylation sites is 2. The molecule has 1 aromatic heterocycles. The van der Waals surface area contributed by atoms with Gasteiger partial charge in [-0.05, 0) is 55.7 Å². The number of rotatable bonds is 2. The molecule has 0 aliphatic carbocycles. The highest BCUT2D eigenvalue weighted by Gasteiger charge is 2.18. The zero-order chi connectivity index (χ0) is 21.0. The van der Waals surface area contributed by atoms with E-state index in [4.69, 9.17) is 11.6 Å². The van der Waals surface area contributed by atoms with Gasteiger partial charge in [0.05, 0.1) is 11.0 Å². The molecule has 148 valence electrons. The Bertz CT molecular complexity index is 1420. The van der Waals surface area contributed by atoms with Crippen LogP contribution in [0.3, 0.4) is 0 Å². The summed E-state index contributed by atoms with van der Waals surface area (Å²) in [5.74, 6) is 0. The van der Waals surface area contributed by atoms with Crippen LogP contribution in [0.15, 0.2) is 77.3 Å². The van der Waals surface area contributed by atoms with Gasteiger partial charge < -0.3 is 4.57 Å². The molecular weight excluding hydrogens is 454 g/mol. The summed E-state index contributed by atoms with van der Waals surface area (Å²) in [6.07, 6.45) is 0. The number of hydrogen-bond acceptors (Lipinski definition) is 0. The van der Waals surface area contributed by atoms with E-state index in [0.717, 1.165) is 20.7 Å². The lowest BCUT2D eigenvalue weighted by Crippen LogP contribution is -1.97. The Morgan fingerprint density at radius 1 is 0.767 bits per heavy atom. The summed E-state index contributed by atoms with van der Waals surface area (Å²) in [5, 5.41) is 3.25. The van der Waals surface area contributed by atoms with Gasteiger partial charge in [-0.1, -0.05) is 87.7 Å². The summed E-state index contributed by atoms with van der Waals surface area (Å²) in [4.78, 5) is 0. The van der Waals surface area contributed by atoms with Crippen molar-refractivity contribution in [1.29, 1.82) is 0 Å². The van der Waals surface area contributed by atoms with E-state index in [0.29, 0.717) is 0 Å². The second-order valence-corrected chi connectivity index (χ2v) is 9.17. The molecule has 0 bridgehead atoms. The van der Waals surface area contributed by atoms with Crippen molar-refractivity contribution in [2.24, 2.45) is 0 Å². The third-order valence-corrected chi connectivity index (χ3v) is 7.12. The maximum absolute atomic E-state index is 6.60. The van der Waals surface area contributed by atoms with E-state index in [2.05, 4.69) is 107 Å². The van der Waals surface area contributed by atoms with Crippen molar-refractivity contribution in [1.82, 2.24) is 4.57 Å². The normalized spacial score (nSPS) is 11.5. The Kier molecular flexibility index (Phi) is 4.72. The summed E-state index contributed by atoms with van der Waals surface area (Å²) in [6, 6.07) is 26.1. The molecule has 4 aromatic carbocycles. The molecule has 0 saturated heterocycles. The lowest BCUT2D eigenvalue weighted by atomic mass is 9.96. The number of aryl methyl sites for hydroxylation is 2.